The number of aliphatic hydroxyl groups is 1. The first-order chi connectivity index (χ1) is 8.58. The van der Waals surface area contributed by atoms with Crippen molar-refractivity contribution in [3.05, 3.63) is 21.0 Å². The molecule has 6 heteroatoms. The van der Waals surface area contributed by atoms with E-state index in [0.29, 0.717) is 35.6 Å². The lowest BCUT2D eigenvalue weighted by Gasteiger charge is -2.11. The number of anilines is 1. The predicted molar refractivity (Wildman–Crippen MR) is 73.7 cm³/mol. The molecule has 1 fully saturated rings. The van der Waals surface area contributed by atoms with Gasteiger partial charge in [-0.25, -0.2) is 4.68 Å². The zero-order chi connectivity index (χ0) is 13.1. The number of hydrogen-bond donors (Lipinski definition) is 2. The molecule has 1 saturated carbocycles. The van der Waals surface area contributed by atoms with Crippen LogP contribution in [-0.4, -0.2) is 27.5 Å². The van der Waals surface area contributed by atoms with E-state index < -0.39 is 0 Å². The topological polar surface area (TPSA) is 67.2 Å². The van der Waals surface area contributed by atoms with E-state index in [9.17, 15) is 9.90 Å². The van der Waals surface area contributed by atoms with Crippen molar-refractivity contribution in [3.63, 3.8) is 0 Å². The van der Waals surface area contributed by atoms with Crippen LogP contribution in [0.4, 0.5) is 5.69 Å². The van der Waals surface area contributed by atoms with Gasteiger partial charge in [0.15, 0.2) is 0 Å². The third-order valence-corrected chi connectivity index (χ3v) is 3.76. The summed E-state index contributed by atoms with van der Waals surface area (Å²) < 4.78 is 2.03. The maximum atomic E-state index is 12.0. The van der Waals surface area contributed by atoms with Gasteiger partial charge in [-0.05, 0) is 48.0 Å². The van der Waals surface area contributed by atoms with E-state index in [-0.39, 0.29) is 11.7 Å². The van der Waals surface area contributed by atoms with Crippen LogP contribution in [0.1, 0.15) is 26.2 Å². The standard InChI is InChI=1S/C12H18BrN3O2/c1-8(17)4-5-14-10-6-15-16(7-9-2-3-9)12(18)11(10)13/h6,8-9,14,17H,2-5,7H2,1H3. The summed E-state index contributed by atoms with van der Waals surface area (Å²) >= 11 is 3.31. The summed E-state index contributed by atoms with van der Waals surface area (Å²) in [6, 6.07) is 0. The molecule has 1 heterocycles. The average molecular weight is 316 g/mol. The first kappa shape index (κ1) is 13.5. The molecule has 100 valence electrons. The Hall–Kier alpha value is -0.880. The third-order valence-electron chi connectivity index (χ3n) is 2.99. The SMILES string of the molecule is CC(O)CCNc1cnn(CC2CC2)c(=O)c1Br. The highest BCUT2D eigenvalue weighted by molar-refractivity contribution is 9.10. The first-order valence-corrected chi connectivity index (χ1v) is 7.04. The monoisotopic (exact) mass is 315 g/mol. The van der Waals surface area contributed by atoms with Gasteiger partial charge in [0.05, 0.1) is 18.0 Å². The Labute approximate surface area is 114 Å². The fraction of sp³-hybridized carbons (Fsp3) is 0.667. The minimum atomic E-state index is -0.348. The minimum Gasteiger partial charge on any atom is -0.393 e. The van der Waals surface area contributed by atoms with Crippen molar-refractivity contribution in [1.82, 2.24) is 9.78 Å². The van der Waals surface area contributed by atoms with Gasteiger partial charge in [-0.1, -0.05) is 0 Å². The van der Waals surface area contributed by atoms with Gasteiger partial charge in [0.1, 0.15) is 4.47 Å². The summed E-state index contributed by atoms with van der Waals surface area (Å²) in [6.07, 6.45) is 4.34. The number of nitrogens with zero attached hydrogens (tertiary/aromatic N) is 2. The van der Waals surface area contributed by atoms with Gasteiger partial charge in [-0.3, -0.25) is 4.79 Å². The molecule has 1 atom stereocenters. The number of aromatic nitrogens is 2. The molecule has 0 spiro atoms. The van der Waals surface area contributed by atoms with Crippen LogP contribution in [0.15, 0.2) is 15.5 Å². The molecule has 1 aromatic rings. The Bertz CT molecular complexity index is 469. The van der Waals surface area contributed by atoms with Crippen LogP contribution < -0.4 is 10.9 Å². The largest absolute Gasteiger partial charge is 0.393 e. The van der Waals surface area contributed by atoms with Crippen LogP contribution >= 0.6 is 15.9 Å². The van der Waals surface area contributed by atoms with Gasteiger partial charge in [0, 0.05) is 13.1 Å². The van der Waals surface area contributed by atoms with E-state index in [1.165, 1.54) is 17.5 Å². The molecule has 18 heavy (non-hydrogen) atoms. The average Bonchev–Trinajstić information content (AvgIpc) is 3.11. The Balaban J connectivity index is 2.03. The molecular formula is C12H18BrN3O2. The summed E-state index contributed by atoms with van der Waals surface area (Å²) in [7, 11) is 0. The fourth-order valence-electron chi connectivity index (χ4n) is 1.68. The van der Waals surface area contributed by atoms with Crippen LogP contribution in [0.2, 0.25) is 0 Å². The van der Waals surface area contributed by atoms with E-state index in [0.717, 1.165) is 0 Å². The lowest BCUT2D eigenvalue weighted by Crippen LogP contribution is -2.25. The smallest absolute Gasteiger partial charge is 0.283 e. The molecule has 0 aromatic carbocycles. The maximum absolute atomic E-state index is 12.0. The predicted octanol–water partition coefficient (Wildman–Crippen LogP) is 1.60. The number of aliphatic hydroxyl groups excluding tert-OH is 1. The molecule has 0 bridgehead atoms. The second-order valence-corrected chi connectivity index (χ2v) is 5.66. The molecule has 1 aliphatic rings. The minimum absolute atomic E-state index is 0.0936. The van der Waals surface area contributed by atoms with Gasteiger partial charge in [-0.2, -0.15) is 5.10 Å². The number of nitrogens with one attached hydrogen (secondary N) is 1. The molecule has 0 aliphatic heterocycles. The Morgan fingerprint density at radius 3 is 3.00 bits per heavy atom. The third kappa shape index (κ3) is 3.55. The van der Waals surface area contributed by atoms with E-state index in [1.54, 1.807) is 13.1 Å². The van der Waals surface area contributed by atoms with Crippen LogP contribution in [-0.2, 0) is 6.54 Å². The zero-order valence-corrected chi connectivity index (χ0v) is 12.0. The Morgan fingerprint density at radius 1 is 1.67 bits per heavy atom. The summed E-state index contributed by atoms with van der Waals surface area (Å²) in [5.41, 5.74) is 0.594. The fourth-order valence-corrected chi connectivity index (χ4v) is 2.13. The van der Waals surface area contributed by atoms with Crippen molar-refractivity contribution >= 4 is 21.6 Å². The van der Waals surface area contributed by atoms with Gasteiger partial charge in [0.25, 0.3) is 5.56 Å². The van der Waals surface area contributed by atoms with Crippen molar-refractivity contribution in [3.8, 4) is 0 Å². The maximum Gasteiger partial charge on any atom is 0.283 e. The van der Waals surface area contributed by atoms with E-state index in [1.807, 2.05) is 0 Å². The number of hydrogen-bond acceptors (Lipinski definition) is 4. The Morgan fingerprint density at radius 2 is 2.39 bits per heavy atom. The molecule has 1 unspecified atom stereocenters. The van der Waals surface area contributed by atoms with Crippen molar-refractivity contribution in [1.29, 1.82) is 0 Å². The lowest BCUT2D eigenvalue weighted by atomic mass is 10.3. The van der Waals surface area contributed by atoms with Crippen LogP contribution in [0.5, 0.6) is 0 Å². The Kier molecular flexibility index (Phi) is 4.40. The van der Waals surface area contributed by atoms with Crippen molar-refractivity contribution in [2.24, 2.45) is 5.92 Å². The molecule has 0 amide bonds. The molecule has 2 N–H and O–H groups in total. The second kappa shape index (κ2) is 5.84. The lowest BCUT2D eigenvalue weighted by molar-refractivity contribution is 0.188. The van der Waals surface area contributed by atoms with Crippen molar-refractivity contribution in [2.45, 2.75) is 38.8 Å². The summed E-state index contributed by atoms with van der Waals surface area (Å²) in [5, 5.41) is 16.4. The van der Waals surface area contributed by atoms with Crippen LogP contribution in [0.25, 0.3) is 0 Å². The summed E-state index contributed by atoms with van der Waals surface area (Å²) in [6.45, 7) is 3.07. The quantitative estimate of drug-likeness (QED) is 0.836. The van der Waals surface area contributed by atoms with Gasteiger partial charge >= 0.3 is 0 Å². The van der Waals surface area contributed by atoms with Gasteiger partial charge in [0.2, 0.25) is 0 Å². The van der Waals surface area contributed by atoms with Crippen LogP contribution in [0, 0.1) is 5.92 Å². The normalized spacial score (nSPS) is 16.6. The van der Waals surface area contributed by atoms with Crippen molar-refractivity contribution in [2.75, 3.05) is 11.9 Å². The molecule has 0 radical (unpaired) electrons. The van der Waals surface area contributed by atoms with Crippen LogP contribution in [0.3, 0.4) is 0 Å². The highest BCUT2D eigenvalue weighted by atomic mass is 79.9. The summed E-state index contributed by atoms with van der Waals surface area (Å²) in [4.78, 5) is 12.0. The molecule has 1 aromatic heterocycles. The molecule has 1 aliphatic carbocycles. The molecule has 0 saturated heterocycles. The van der Waals surface area contributed by atoms with Gasteiger partial charge < -0.3 is 10.4 Å². The molecule has 2 rings (SSSR count). The van der Waals surface area contributed by atoms with Gasteiger partial charge in [-0.15, -0.1) is 0 Å². The molecular weight excluding hydrogens is 298 g/mol. The van der Waals surface area contributed by atoms with E-state index >= 15 is 0 Å². The van der Waals surface area contributed by atoms with E-state index in [4.69, 9.17) is 0 Å². The number of rotatable bonds is 6. The summed E-state index contributed by atoms with van der Waals surface area (Å²) in [5.74, 6) is 0.621. The zero-order valence-electron chi connectivity index (χ0n) is 10.4. The number of halogens is 1. The van der Waals surface area contributed by atoms with Crippen molar-refractivity contribution < 1.29 is 5.11 Å². The van der Waals surface area contributed by atoms with E-state index in [2.05, 4.69) is 26.3 Å². The highest BCUT2D eigenvalue weighted by Gasteiger charge is 2.23. The highest BCUT2D eigenvalue weighted by Crippen LogP contribution is 2.30. The first-order valence-electron chi connectivity index (χ1n) is 6.25. The molecule has 5 nitrogen and oxygen atoms in total. The second-order valence-electron chi connectivity index (χ2n) is 4.87.